The van der Waals surface area contributed by atoms with Crippen molar-refractivity contribution in [2.75, 3.05) is 5.32 Å². The van der Waals surface area contributed by atoms with E-state index in [9.17, 15) is 4.79 Å². The van der Waals surface area contributed by atoms with Crippen molar-refractivity contribution < 1.29 is 4.79 Å². The van der Waals surface area contributed by atoms with Crippen molar-refractivity contribution in [3.63, 3.8) is 0 Å². The summed E-state index contributed by atoms with van der Waals surface area (Å²) in [5, 5.41) is 2.95. The van der Waals surface area contributed by atoms with Gasteiger partial charge in [-0.3, -0.25) is 4.79 Å². The zero-order valence-electron chi connectivity index (χ0n) is 12.1. The molecule has 0 saturated heterocycles. The number of nitrogens with two attached hydrogens (primary N) is 1. The normalized spacial score (nSPS) is 13.5. The third-order valence-corrected chi connectivity index (χ3v) is 4.08. The molecule has 3 N–H and O–H groups in total. The average molecular weight is 347 g/mol. The monoisotopic (exact) mass is 346 g/mol. The number of hydrogen-bond donors (Lipinski definition) is 2. The average Bonchev–Trinajstić information content (AvgIpc) is 2.49. The van der Waals surface area contributed by atoms with Gasteiger partial charge in [-0.15, -0.1) is 0 Å². The SMILES string of the molecule is Cc1cc(Br)ccc1NC(=O)C(C)C(N)c1ccccc1. The Bertz CT molecular complexity index is 628. The van der Waals surface area contributed by atoms with Crippen molar-refractivity contribution in [1.29, 1.82) is 0 Å². The van der Waals surface area contributed by atoms with Crippen LogP contribution in [0.3, 0.4) is 0 Å². The standard InChI is InChI=1S/C17H19BrN2O/c1-11-10-14(18)8-9-15(11)20-17(21)12(2)16(19)13-6-4-3-5-7-13/h3-10,12,16H,19H2,1-2H3,(H,20,21). The lowest BCUT2D eigenvalue weighted by Crippen LogP contribution is -2.30. The number of carbonyl (C=O) groups excluding carboxylic acids is 1. The minimum atomic E-state index is -0.318. The molecule has 0 aliphatic carbocycles. The predicted molar refractivity (Wildman–Crippen MR) is 90.0 cm³/mol. The minimum absolute atomic E-state index is 0.0724. The highest BCUT2D eigenvalue weighted by Crippen LogP contribution is 2.23. The fraction of sp³-hybridized carbons (Fsp3) is 0.235. The number of carbonyl (C=O) groups is 1. The van der Waals surface area contributed by atoms with Crippen molar-refractivity contribution in [3.8, 4) is 0 Å². The molecule has 0 bridgehead atoms. The molecule has 0 saturated carbocycles. The van der Waals surface area contributed by atoms with Crippen molar-refractivity contribution in [2.45, 2.75) is 19.9 Å². The third kappa shape index (κ3) is 3.93. The van der Waals surface area contributed by atoms with Gasteiger partial charge in [-0.05, 0) is 36.2 Å². The highest BCUT2D eigenvalue weighted by Gasteiger charge is 2.22. The highest BCUT2D eigenvalue weighted by molar-refractivity contribution is 9.10. The molecule has 2 aromatic carbocycles. The summed E-state index contributed by atoms with van der Waals surface area (Å²) in [6.07, 6.45) is 0. The fourth-order valence-corrected chi connectivity index (χ4v) is 2.62. The number of rotatable bonds is 4. The van der Waals surface area contributed by atoms with Gasteiger partial charge < -0.3 is 11.1 Å². The van der Waals surface area contributed by atoms with Crippen LogP contribution in [0.4, 0.5) is 5.69 Å². The molecule has 110 valence electrons. The van der Waals surface area contributed by atoms with Crippen molar-refractivity contribution in [1.82, 2.24) is 0 Å². The van der Waals surface area contributed by atoms with Crippen LogP contribution in [0.2, 0.25) is 0 Å². The molecule has 2 rings (SSSR count). The first-order chi connectivity index (χ1) is 9.99. The van der Waals surface area contributed by atoms with Gasteiger partial charge in [-0.25, -0.2) is 0 Å². The van der Waals surface area contributed by atoms with Crippen LogP contribution in [0, 0.1) is 12.8 Å². The maximum absolute atomic E-state index is 12.4. The van der Waals surface area contributed by atoms with Crippen LogP contribution in [0.1, 0.15) is 24.1 Å². The molecule has 4 heteroatoms. The van der Waals surface area contributed by atoms with Gasteiger partial charge in [0, 0.05) is 16.2 Å². The molecule has 0 aliphatic rings. The fourth-order valence-electron chi connectivity index (χ4n) is 2.14. The van der Waals surface area contributed by atoms with E-state index in [-0.39, 0.29) is 17.9 Å². The van der Waals surface area contributed by atoms with E-state index in [1.54, 1.807) is 0 Å². The quantitative estimate of drug-likeness (QED) is 0.877. The van der Waals surface area contributed by atoms with Gasteiger partial charge >= 0.3 is 0 Å². The molecule has 0 aromatic heterocycles. The van der Waals surface area contributed by atoms with E-state index in [0.29, 0.717) is 0 Å². The van der Waals surface area contributed by atoms with Crippen LogP contribution in [0.5, 0.6) is 0 Å². The molecule has 2 atom stereocenters. The summed E-state index contributed by atoms with van der Waals surface area (Å²) in [5.74, 6) is -0.382. The van der Waals surface area contributed by atoms with E-state index in [2.05, 4.69) is 21.2 Å². The maximum Gasteiger partial charge on any atom is 0.229 e. The number of amides is 1. The highest BCUT2D eigenvalue weighted by atomic mass is 79.9. The zero-order chi connectivity index (χ0) is 15.4. The molecule has 0 fully saturated rings. The molecule has 0 spiro atoms. The van der Waals surface area contributed by atoms with Gasteiger partial charge in [-0.1, -0.05) is 53.2 Å². The molecule has 3 nitrogen and oxygen atoms in total. The summed E-state index contributed by atoms with van der Waals surface area (Å²) in [6.45, 7) is 3.81. The van der Waals surface area contributed by atoms with Crippen LogP contribution >= 0.6 is 15.9 Å². The second-order valence-electron chi connectivity index (χ2n) is 5.17. The van der Waals surface area contributed by atoms with Crippen LogP contribution in [-0.2, 0) is 4.79 Å². The molecule has 0 heterocycles. The smallest absolute Gasteiger partial charge is 0.229 e. The van der Waals surface area contributed by atoms with E-state index < -0.39 is 0 Å². The Morgan fingerprint density at radius 1 is 1.19 bits per heavy atom. The Hall–Kier alpha value is -1.65. The first kappa shape index (κ1) is 15.7. The second-order valence-corrected chi connectivity index (χ2v) is 6.09. The summed E-state index contributed by atoms with van der Waals surface area (Å²) >= 11 is 3.41. The van der Waals surface area contributed by atoms with Gasteiger partial charge in [0.15, 0.2) is 0 Å². The lowest BCUT2D eigenvalue weighted by Gasteiger charge is -2.20. The van der Waals surface area contributed by atoms with Gasteiger partial charge in [-0.2, -0.15) is 0 Å². The van der Waals surface area contributed by atoms with E-state index >= 15 is 0 Å². The van der Waals surface area contributed by atoms with Gasteiger partial charge in [0.2, 0.25) is 5.91 Å². The Kier molecular flexibility index (Phi) is 5.15. The Labute approximate surface area is 133 Å². The van der Waals surface area contributed by atoms with E-state index in [4.69, 9.17) is 5.73 Å². The molecule has 2 unspecified atom stereocenters. The molecule has 21 heavy (non-hydrogen) atoms. The lowest BCUT2D eigenvalue weighted by atomic mass is 9.94. The van der Waals surface area contributed by atoms with Gasteiger partial charge in [0.25, 0.3) is 0 Å². The largest absolute Gasteiger partial charge is 0.326 e. The number of anilines is 1. The first-order valence-corrected chi connectivity index (χ1v) is 7.66. The molecule has 0 aliphatic heterocycles. The lowest BCUT2D eigenvalue weighted by molar-refractivity contribution is -0.120. The van der Waals surface area contributed by atoms with Gasteiger partial charge in [0.1, 0.15) is 0 Å². The Morgan fingerprint density at radius 2 is 1.86 bits per heavy atom. The van der Waals surface area contributed by atoms with Gasteiger partial charge in [0.05, 0.1) is 5.92 Å². The Balaban J connectivity index is 2.09. The predicted octanol–water partition coefficient (Wildman–Crippen LogP) is 4.03. The van der Waals surface area contributed by atoms with E-state index in [1.165, 1.54) is 0 Å². The van der Waals surface area contributed by atoms with E-state index in [0.717, 1.165) is 21.3 Å². The number of halogens is 1. The summed E-state index contributed by atoms with van der Waals surface area (Å²) in [7, 11) is 0. The summed E-state index contributed by atoms with van der Waals surface area (Å²) in [6, 6.07) is 15.1. The number of benzene rings is 2. The third-order valence-electron chi connectivity index (χ3n) is 3.58. The van der Waals surface area contributed by atoms with Crippen LogP contribution < -0.4 is 11.1 Å². The number of hydrogen-bond acceptors (Lipinski definition) is 2. The van der Waals surface area contributed by atoms with Crippen LogP contribution in [0.25, 0.3) is 0 Å². The Morgan fingerprint density at radius 3 is 2.48 bits per heavy atom. The zero-order valence-corrected chi connectivity index (χ0v) is 13.7. The number of nitrogens with one attached hydrogen (secondary N) is 1. The van der Waals surface area contributed by atoms with Crippen molar-refractivity contribution in [3.05, 3.63) is 64.1 Å². The van der Waals surface area contributed by atoms with Crippen molar-refractivity contribution >= 4 is 27.5 Å². The summed E-state index contributed by atoms with van der Waals surface area (Å²) in [4.78, 5) is 12.4. The molecule has 2 aromatic rings. The topological polar surface area (TPSA) is 55.1 Å². The maximum atomic E-state index is 12.4. The first-order valence-electron chi connectivity index (χ1n) is 6.86. The molecule has 1 amide bonds. The number of aryl methyl sites for hydroxylation is 1. The summed E-state index contributed by atoms with van der Waals surface area (Å²) < 4.78 is 0.993. The van der Waals surface area contributed by atoms with Crippen molar-refractivity contribution in [2.24, 2.45) is 11.7 Å². The van der Waals surface area contributed by atoms with Crippen LogP contribution in [-0.4, -0.2) is 5.91 Å². The molecular formula is C17H19BrN2O. The minimum Gasteiger partial charge on any atom is -0.326 e. The molecular weight excluding hydrogens is 328 g/mol. The second kappa shape index (κ2) is 6.87. The molecule has 0 radical (unpaired) electrons. The van der Waals surface area contributed by atoms with Crippen LogP contribution in [0.15, 0.2) is 53.0 Å². The summed E-state index contributed by atoms with van der Waals surface area (Å²) in [5.41, 5.74) is 8.98. The van der Waals surface area contributed by atoms with E-state index in [1.807, 2.05) is 62.4 Å².